The van der Waals surface area contributed by atoms with Crippen molar-refractivity contribution in [2.75, 3.05) is 25.6 Å². The van der Waals surface area contributed by atoms with E-state index in [1.807, 2.05) is 11.9 Å². The molecule has 78 valence electrons. The van der Waals surface area contributed by atoms with Crippen molar-refractivity contribution < 1.29 is 8.42 Å². The summed E-state index contributed by atoms with van der Waals surface area (Å²) in [6.45, 7) is 0.809. The molecule has 0 bridgehead atoms. The van der Waals surface area contributed by atoms with Crippen LogP contribution in [0.2, 0.25) is 0 Å². The van der Waals surface area contributed by atoms with Crippen molar-refractivity contribution >= 4 is 21.6 Å². The standard InChI is InChI=1S/C8H12N2O2S2/c1-10-4-3-5-13-8(10)7(6-9)14(2,11)12/h3-5H2,1-2H3/b8-7+. The minimum Gasteiger partial charge on any atom is -0.368 e. The molecular weight excluding hydrogens is 220 g/mol. The van der Waals surface area contributed by atoms with E-state index in [9.17, 15) is 8.42 Å². The van der Waals surface area contributed by atoms with Gasteiger partial charge in [0.15, 0.2) is 14.7 Å². The van der Waals surface area contributed by atoms with Gasteiger partial charge in [-0.25, -0.2) is 8.42 Å². The Balaban J connectivity index is 3.18. The number of hydrogen-bond donors (Lipinski definition) is 0. The maximum Gasteiger partial charge on any atom is 0.188 e. The average Bonchev–Trinajstić information content (AvgIpc) is 2.07. The molecule has 1 heterocycles. The van der Waals surface area contributed by atoms with Gasteiger partial charge in [-0.1, -0.05) is 0 Å². The summed E-state index contributed by atoms with van der Waals surface area (Å²) in [6.07, 6.45) is 2.09. The van der Waals surface area contributed by atoms with Gasteiger partial charge < -0.3 is 4.90 Å². The zero-order chi connectivity index (χ0) is 10.8. The molecule has 0 atom stereocenters. The first-order chi connectivity index (χ1) is 6.46. The van der Waals surface area contributed by atoms with Crippen molar-refractivity contribution in [2.45, 2.75) is 6.42 Å². The number of thioether (sulfide) groups is 1. The highest BCUT2D eigenvalue weighted by molar-refractivity contribution is 8.04. The summed E-state index contributed by atoms with van der Waals surface area (Å²) in [6, 6.07) is 1.77. The Bertz CT molecular complexity index is 392. The van der Waals surface area contributed by atoms with E-state index < -0.39 is 9.84 Å². The minimum absolute atomic E-state index is 0.107. The van der Waals surface area contributed by atoms with Crippen molar-refractivity contribution in [3.8, 4) is 6.07 Å². The number of nitrogens with zero attached hydrogens (tertiary/aromatic N) is 2. The van der Waals surface area contributed by atoms with E-state index in [0.29, 0.717) is 5.03 Å². The van der Waals surface area contributed by atoms with Crippen LogP contribution in [-0.4, -0.2) is 38.9 Å². The Kier molecular flexibility index (Phi) is 3.45. The van der Waals surface area contributed by atoms with Gasteiger partial charge in [0.25, 0.3) is 0 Å². The molecule has 0 amide bonds. The molecule has 1 aliphatic heterocycles. The van der Waals surface area contributed by atoms with Crippen LogP contribution in [0.4, 0.5) is 0 Å². The largest absolute Gasteiger partial charge is 0.368 e. The molecule has 0 aromatic heterocycles. The summed E-state index contributed by atoms with van der Waals surface area (Å²) in [5.74, 6) is 0.875. The fraction of sp³-hybridized carbons (Fsp3) is 0.625. The molecule has 0 aromatic rings. The van der Waals surface area contributed by atoms with Crippen molar-refractivity contribution in [3.05, 3.63) is 9.93 Å². The predicted molar refractivity (Wildman–Crippen MR) is 57.2 cm³/mol. The summed E-state index contributed by atoms with van der Waals surface area (Å²) in [5, 5.41) is 9.39. The lowest BCUT2D eigenvalue weighted by Gasteiger charge is -2.27. The van der Waals surface area contributed by atoms with E-state index >= 15 is 0 Å². The highest BCUT2D eigenvalue weighted by Gasteiger charge is 2.22. The van der Waals surface area contributed by atoms with Crippen LogP contribution in [0.15, 0.2) is 9.93 Å². The molecule has 4 nitrogen and oxygen atoms in total. The highest BCUT2D eigenvalue weighted by atomic mass is 32.2. The Labute approximate surface area is 88.5 Å². The number of hydrogen-bond acceptors (Lipinski definition) is 5. The van der Waals surface area contributed by atoms with E-state index in [0.717, 1.165) is 25.0 Å². The third-order valence-corrected chi connectivity index (χ3v) is 4.33. The van der Waals surface area contributed by atoms with Crippen LogP contribution in [0.25, 0.3) is 0 Å². The van der Waals surface area contributed by atoms with Gasteiger partial charge in [0.05, 0.1) is 0 Å². The maximum absolute atomic E-state index is 11.3. The topological polar surface area (TPSA) is 61.2 Å². The van der Waals surface area contributed by atoms with Crippen LogP contribution in [0, 0.1) is 11.3 Å². The van der Waals surface area contributed by atoms with Crippen molar-refractivity contribution in [3.63, 3.8) is 0 Å². The summed E-state index contributed by atoms with van der Waals surface area (Å²) in [4.78, 5) is 1.72. The van der Waals surface area contributed by atoms with Crippen LogP contribution in [0.1, 0.15) is 6.42 Å². The number of allylic oxidation sites excluding steroid dienone is 1. The number of nitriles is 1. The molecule has 1 aliphatic rings. The molecule has 0 N–H and O–H groups in total. The lowest BCUT2D eigenvalue weighted by atomic mass is 10.4. The third-order valence-electron chi connectivity index (χ3n) is 1.89. The van der Waals surface area contributed by atoms with Gasteiger partial charge >= 0.3 is 0 Å². The molecule has 6 heteroatoms. The molecule has 0 aromatic carbocycles. The number of sulfone groups is 1. The fourth-order valence-corrected chi connectivity index (χ4v) is 3.44. The minimum atomic E-state index is -3.39. The van der Waals surface area contributed by atoms with Gasteiger partial charge in [-0.3, -0.25) is 0 Å². The second-order valence-corrected chi connectivity index (χ2v) is 6.18. The molecule has 0 saturated carbocycles. The molecule has 0 aliphatic carbocycles. The smallest absolute Gasteiger partial charge is 0.188 e. The quantitative estimate of drug-likeness (QED) is 0.626. The monoisotopic (exact) mass is 232 g/mol. The second-order valence-electron chi connectivity index (χ2n) is 3.14. The molecule has 14 heavy (non-hydrogen) atoms. The first kappa shape index (κ1) is 11.4. The van der Waals surface area contributed by atoms with Gasteiger partial charge in [0, 0.05) is 25.6 Å². The molecule has 0 radical (unpaired) electrons. The molecular formula is C8H12N2O2S2. The van der Waals surface area contributed by atoms with Gasteiger partial charge in [0.1, 0.15) is 11.1 Å². The van der Waals surface area contributed by atoms with Gasteiger partial charge in [-0.2, -0.15) is 5.26 Å². The van der Waals surface area contributed by atoms with E-state index in [2.05, 4.69) is 0 Å². The first-order valence-electron chi connectivity index (χ1n) is 4.15. The van der Waals surface area contributed by atoms with Gasteiger partial charge in [-0.15, -0.1) is 11.8 Å². The zero-order valence-corrected chi connectivity index (χ0v) is 9.78. The summed E-state index contributed by atoms with van der Waals surface area (Å²) in [5.41, 5.74) is 0. The third kappa shape index (κ3) is 2.42. The van der Waals surface area contributed by atoms with Crippen LogP contribution in [-0.2, 0) is 9.84 Å². The van der Waals surface area contributed by atoms with Crippen molar-refractivity contribution in [1.82, 2.24) is 4.90 Å². The van der Waals surface area contributed by atoms with Crippen molar-refractivity contribution in [2.24, 2.45) is 0 Å². The zero-order valence-electron chi connectivity index (χ0n) is 8.15. The van der Waals surface area contributed by atoms with E-state index in [1.54, 1.807) is 6.07 Å². The summed E-state index contributed by atoms with van der Waals surface area (Å²) < 4.78 is 22.6. The highest BCUT2D eigenvalue weighted by Crippen LogP contribution is 2.29. The molecule has 0 spiro atoms. The Hall–Kier alpha value is -0.670. The molecule has 0 unspecified atom stereocenters. The number of rotatable bonds is 1. The van der Waals surface area contributed by atoms with E-state index in [-0.39, 0.29) is 4.91 Å². The lowest BCUT2D eigenvalue weighted by Crippen LogP contribution is -2.25. The van der Waals surface area contributed by atoms with Crippen LogP contribution < -0.4 is 0 Å². The SMILES string of the molecule is CN1CCCS/C1=C(\C#N)S(C)(=O)=O. The predicted octanol–water partition coefficient (Wildman–Crippen LogP) is 0.792. The van der Waals surface area contributed by atoms with Gasteiger partial charge in [0.2, 0.25) is 0 Å². The fourth-order valence-electron chi connectivity index (χ4n) is 1.21. The van der Waals surface area contributed by atoms with Crippen LogP contribution in [0.3, 0.4) is 0 Å². The summed E-state index contributed by atoms with van der Waals surface area (Å²) in [7, 11) is -1.58. The molecule has 1 rings (SSSR count). The Morgan fingerprint density at radius 2 is 2.29 bits per heavy atom. The van der Waals surface area contributed by atoms with Crippen LogP contribution >= 0.6 is 11.8 Å². The molecule has 1 saturated heterocycles. The van der Waals surface area contributed by atoms with E-state index in [1.165, 1.54) is 11.8 Å². The van der Waals surface area contributed by atoms with Crippen molar-refractivity contribution in [1.29, 1.82) is 5.26 Å². The lowest BCUT2D eigenvalue weighted by molar-refractivity contribution is 0.435. The Morgan fingerprint density at radius 1 is 1.64 bits per heavy atom. The Morgan fingerprint density at radius 3 is 2.71 bits per heavy atom. The summed E-state index contributed by atoms with van der Waals surface area (Å²) >= 11 is 1.43. The van der Waals surface area contributed by atoms with E-state index in [4.69, 9.17) is 5.26 Å². The maximum atomic E-state index is 11.3. The van der Waals surface area contributed by atoms with Gasteiger partial charge in [-0.05, 0) is 6.42 Å². The van der Waals surface area contributed by atoms with Crippen LogP contribution in [0.5, 0.6) is 0 Å². The normalized spacial score (nSPS) is 21.6. The molecule has 1 fully saturated rings. The second kappa shape index (κ2) is 4.24. The average molecular weight is 232 g/mol. The first-order valence-corrected chi connectivity index (χ1v) is 7.03.